The molecule has 7 aromatic carbocycles. The highest BCUT2D eigenvalue weighted by atomic mass is 14.6. The number of aromatic nitrogens is 1. The quantitative estimate of drug-likeness (QED) is 0.205. The van der Waals surface area contributed by atoms with Gasteiger partial charge in [-0.25, -0.2) is 0 Å². The van der Waals surface area contributed by atoms with Crippen molar-refractivity contribution in [3.63, 3.8) is 0 Å². The summed E-state index contributed by atoms with van der Waals surface area (Å²) in [6.45, 7) is 0. The number of pyridine rings is 1. The molecule has 42 heavy (non-hydrogen) atoms. The first-order chi connectivity index (χ1) is 20.9. The van der Waals surface area contributed by atoms with Crippen LogP contribution in [0.2, 0.25) is 0 Å². The maximum absolute atomic E-state index is 4.22. The predicted molar refractivity (Wildman–Crippen MR) is 178 cm³/mol. The van der Waals surface area contributed by atoms with Gasteiger partial charge in [-0.15, -0.1) is 0 Å². The van der Waals surface area contributed by atoms with Crippen molar-refractivity contribution in [2.75, 3.05) is 0 Å². The molecule has 0 saturated carbocycles. The average Bonchev–Trinajstić information content (AvgIpc) is 3.07. The smallest absolute Gasteiger partial charge is 0.0273 e. The molecule has 1 heteroatoms. The minimum absolute atomic E-state index is 1.17. The van der Waals surface area contributed by atoms with E-state index in [9.17, 15) is 0 Å². The van der Waals surface area contributed by atoms with Crippen LogP contribution >= 0.6 is 0 Å². The molecule has 0 unspecified atom stereocenters. The lowest BCUT2D eigenvalue weighted by molar-refractivity contribution is 1.33. The largest absolute Gasteiger partial charge is 0.265 e. The van der Waals surface area contributed by atoms with E-state index in [4.69, 9.17) is 0 Å². The second kappa shape index (κ2) is 10.1. The van der Waals surface area contributed by atoms with E-state index in [1.165, 1.54) is 76.8 Å². The second-order valence-corrected chi connectivity index (χ2v) is 10.7. The van der Waals surface area contributed by atoms with Gasteiger partial charge in [-0.3, -0.25) is 4.98 Å². The predicted octanol–water partition coefficient (Wildman–Crippen LogP) is 11.2. The third-order valence-corrected chi connectivity index (χ3v) is 8.37. The van der Waals surface area contributed by atoms with Crippen molar-refractivity contribution in [2.45, 2.75) is 0 Å². The summed E-state index contributed by atoms with van der Waals surface area (Å²) in [5.41, 5.74) is 9.88. The lowest BCUT2D eigenvalue weighted by Gasteiger charge is -2.19. The highest BCUT2D eigenvalue weighted by Crippen LogP contribution is 2.46. The molecule has 0 amide bonds. The lowest BCUT2D eigenvalue weighted by atomic mass is 9.84. The molecule has 1 nitrogen and oxygen atoms in total. The third kappa shape index (κ3) is 3.98. The highest BCUT2D eigenvalue weighted by molar-refractivity contribution is 6.24. The SMILES string of the molecule is c1ccc(-c2cccc3c(-c4c5ccccc5c(-c5cccc(-c6ccncc6)c5)c5ccccc45)cccc23)cc1. The van der Waals surface area contributed by atoms with Crippen LogP contribution in [-0.4, -0.2) is 4.98 Å². The molecule has 0 spiro atoms. The van der Waals surface area contributed by atoms with Crippen molar-refractivity contribution in [2.24, 2.45) is 0 Å². The molecule has 0 atom stereocenters. The third-order valence-electron chi connectivity index (χ3n) is 8.37. The fourth-order valence-corrected chi connectivity index (χ4v) is 6.53. The average molecular weight is 534 g/mol. The maximum Gasteiger partial charge on any atom is 0.0273 e. The van der Waals surface area contributed by atoms with Crippen LogP contribution in [-0.2, 0) is 0 Å². The topological polar surface area (TPSA) is 12.9 Å². The summed E-state index contributed by atoms with van der Waals surface area (Å²) in [6, 6.07) is 55.0. The number of nitrogens with zero attached hydrogens (tertiary/aromatic N) is 1. The van der Waals surface area contributed by atoms with Gasteiger partial charge < -0.3 is 0 Å². The van der Waals surface area contributed by atoms with Crippen molar-refractivity contribution in [1.82, 2.24) is 4.98 Å². The lowest BCUT2D eigenvalue weighted by Crippen LogP contribution is -1.92. The molecule has 1 aromatic heterocycles. The molecule has 0 radical (unpaired) electrons. The first-order valence-corrected chi connectivity index (χ1v) is 14.4. The summed E-state index contributed by atoms with van der Waals surface area (Å²) in [7, 11) is 0. The van der Waals surface area contributed by atoms with Crippen molar-refractivity contribution < 1.29 is 0 Å². The van der Waals surface area contributed by atoms with Crippen molar-refractivity contribution in [3.05, 3.63) is 164 Å². The van der Waals surface area contributed by atoms with Crippen LogP contribution in [0.5, 0.6) is 0 Å². The van der Waals surface area contributed by atoms with Gasteiger partial charge in [0.25, 0.3) is 0 Å². The fourth-order valence-electron chi connectivity index (χ4n) is 6.53. The van der Waals surface area contributed by atoms with E-state index < -0.39 is 0 Å². The minimum atomic E-state index is 1.17. The summed E-state index contributed by atoms with van der Waals surface area (Å²) in [4.78, 5) is 4.22. The molecule has 0 saturated heterocycles. The van der Waals surface area contributed by atoms with Gasteiger partial charge in [0.1, 0.15) is 0 Å². The molecule has 0 aliphatic carbocycles. The first-order valence-electron chi connectivity index (χ1n) is 14.4. The van der Waals surface area contributed by atoms with Gasteiger partial charge in [-0.1, -0.05) is 133 Å². The van der Waals surface area contributed by atoms with Crippen molar-refractivity contribution >= 4 is 32.3 Å². The Morgan fingerprint density at radius 1 is 0.286 bits per heavy atom. The van der Waals surface area contributed by atoms with Gasteiger partial charge >= 0.3 is 0 Å². The molecule has 8 aromatic rings. The maximum atomic E-state index is 4.22. The van der Waals surface area contributed by atoms with E-state index in [2.05, 4.69) is 157 Å². The van der Waals surface area contributed by atoms with Crippen LogP contribution in [0.1, 0.15) is 0 Å². The standard InChI is InChI=1S/C41H27N/c1-2-11-29(12-3-1)32-19-9-21-34-33(32)20-10-22-35(34)41-38-17-6-4-15-36(38)40(37-16-5-7-18-39(37)41)31-14-8-13-30(27-31)28-23-25-42-26-24-28/h1-27H. The molecule has 196 valence electrons. The summed E-state index contributed by atoms with van der Waals surface area (Å²) < 4.78 is 0. The van der Waals surface area contributed by atoms with Crippen LogP contribution in [0.15, 0.2) is 164 Å². The number of rotatable bonds is 4. The van der Waals surface area contributed by atoms with Crippen molar-refractivity contribution in [3.8, 4) is 44.5 Å². The molecule has 0 N–H and O–H groups in total. The van der Waals surface area contributed by atoms with Crippen molar-refractivity contribution in [1.29, 1.82) is 0 Å². The van der Waals surface area contributed by atoms with Crippen LogP contribution in [0.3, 0.4) is 0 Å². The Balaban J connectivity index is 1.44. The van der Waals surface area contributed by atoms with Crippen LogP contribution in [0.4, 0.5) is 0 Å². The van der Waals surface area contributed by atoms with E-state index in [1.807, 2.05) is 12.4 Å². The second-order valence-electron chi connectivity index (χ2n) is 10.7. The molecular formula is C41H27N. The zero-order valence-corrected chi connectivity index (χ0v) is 23.0. The molecule has 8 rings (SSSR count). The van der Waals surface area contributed by atoms with Gasteiger partial charge in [0, 0.05) is 12.4 Å². The van der Waals surface area contributed by atoms with Crippen LogP contribution < -0.4 is 0 Å². The highest BCUT2D eigenvalue weighted by Gasteiger charge is 2.18. The summed E-state index contributed by atoms with van der Waals surface area (Å²) in [5.74, 6) is 0. The van der Waals surface area contributed by atoms with Gasteiger partial charge in [-0.05, 0) is 95.0 Å². The van der Waals surface area contributed by atoms with Crippen LogP contribution in [0, 0.1) is 0 Å². The zero-order valence-electron chi connectivity index (χ0n) is 23.0. The van der Waals surface area contributed by atoms with Gasteiger partial charge in [0.2, 0.25) is 0 Å². The monoisotopic (exact) mass is 533 g/mol. The summed E-state index contributed by atoms with van der Waals surface area (Å²) >= 11 is 0. The summed E-state index contributed by atoms with van der Waals surface area (Å²) in [6.07, 6.45) is 3.71. The Bertz CT molecular complexity index is 2170. The van der Waals surface area contributed by atoms with E-state index in [1.54, 1.807) is 0 Å². The van der Waals surface area contributed by atoms with Gasteiger partial charge in [0.05, 0.1) is 0 Å². The molecule has 0 bridgehead atoms. The van der Waals surface area contributed by atoms with Crippen LogP contribution in [0.25, 0.3) is 76.8 Å². The first kappa shape index (κ1) is 24.3. The molecule has 0 aliphatic rings. The van der Waals surface area contributed by atoms with E-state index in [-0.39, 0.29) is 0 Å². The Labute approximate surface area is 245 Å². The van der Waals surface area contributed by atoms with E-state index in [0.717, 1.165) is 0 Å². The Morgan fingerprint density at radius 3 is 1.43 bits per heavy atom. The Kier molecular flexibility index (Phi) is 5.86. The number of fused-ring (bicyclic) bond motifs is 3. The normalized spacial score (nSPS) is 11.3. The fraction of sp³-hybridized carbons (Fsp3) is 0. The zero-order chi connectivity index (χ0) is 27.9. The number of hydrogen-bond donors (Lipinski definition) is 0. The molecule has 0 aliphatic heterocycles. The summed E-state index contributed by atoms with van der Waals surface area (Å²) in [5, 5.41) is 7.57. The number of hydrogen-bond acceptors (Lipinski definition) is 1. The van der Waals surface area contributed by atoms with E-state index >= 15 is 0 Å². The molecular weight excluding hydrogens is 506 g/mol. The van der Waals surface area contributed by atoms with Gasteiger partial charge in [0.15, 0.2) is 0 Å². The number of benzene rings is 7. The minimum Gasteiger partial charge on any atom is -0.265 e. The molecule has 0 fully saturated rings. The Hall–Kier alpha value is -5.53. The molecule has 1 heterocycles. The van der Waals surface area contributed by atoms with E-state index in [0.29, 0.717) is 0 Å². The van der Waals surface area contributed by atoms with Gasteiger partial charge in [-0.2, -0.15) is 0 Å². The Morgan fingerprint density at radius 2 is 0.762 bits per heavy atom.